The first-order chi connectivity index (χ1) is 12.6. The lowest BCUT2D eigenvalue weighted by molar-refractivity contribution is -0.140. The van der Waals surface area contributed by atoms with Crippen LogP contribution in [0.25, 0.3) is 10.8 Å². The van der Waals surface area contributed by atoms with E-state index in [0.29, 0.717) is 16.3 Å². The molecule has 7 heteroatoms. The Morgan fingerprint density at radius 3 is 1.82 bits per heavy atom. The van der Waals surface area contributed by atoms with Crippen LogP contribution in [0, 0.1) is 11.8 Å². The van der Waals surface area contributed by atoms with E-state index in [0.717, 1.165) is 0 Å². The Labute approximate surface area is 170 Å². The fourth-order valence-electron chi connectivity index (χ4n) is 2.36. The fraction of sp³-hybridized carbons (Fsp3) is 0.381. The SMILES string of the molecule is CC(C)C(=O)Oc1cc2cccc(C(=O)C(C)N)c2cc1OC(=O)C(C)C.Cl. The molecule has 28 heavy (non-hydrogen) atoms. The van der Waals surface area contributed by atoms with Crippen LogP contribution >= 0.6 is 12.4 Å². The van der Waals surface area contributed by atoms with Gasteiger partial charge >= 0.3 is 11.9 Å². The predicted octanol–water partition coefficient (Wildman–Crippen LogP) is 3.91. The first kappa shape index (κ1) is 23.6. The topological polar surface area (TPSA) is 95.7 Å². The maximum absolute atomic E-state index is 12.4. The number of carbonyl (C=O) groups excluding carboxylic acids is 3. The largest absolute Gasteiger partial charge is 0.422 e. The number of hydrogen-bond acceptors (Lipinski definition) is 6. The zero-order chi connectivity index (χ0) is 20.3. The van der Waals surface area contributed by atoms with Gasteiger partial charge in [-0.05, 0) is 29.8 Å². The lowest BCUT2D eigenvalue weighted by Crippen LogP contribution is -2.26. The van der Waals surface area contributed by atoms with Gasteiger partial charge in [0.1, 0.15) is 0 Å². The summed E-state index contributed by atoms with van der Waals surface area (Å²) in [6.45, 7) is 8.44. The zero-order valence-electron chi connectivity index (χ0n) is 16.6. The van der Waals surface area contributed by atoms with Crippen molar-refractivity contribution in [1.82, 2.24) is 0 Å². The minimum absolute atomic E-state index is 0. The molecule has 0 saturated carbocycles. The standard InChI is InChI=1S/C21H25NO5.ClH/c1-11(2)20(24)26-17-9-14-7-6-8-15(19(23)13(5)22)16(14)10-18(17)27-21(25)12(3)4;/h6-13H,22H2,1-5H3;1H. The Balaban J connectivity index is 0.00000392. The first-order valence-corrected chi connectivity index (χ1v) is 8.91. The molecule has 2 aromatic rings. The molecule has 1 atom stereocenters. The molecular formula is C21H26ClNO5. The molecule has 0 aromatic heterocycles. The molecule has 2 N–H and O–H groups in total. The third-order valence-electron chi connectivity index (χ3n) is 3.99. The molecule has 0 spiro atoms. The number of esters is 2. The van der Waals surface area contributed by atoms with Gasteiger partial charge in [0.25, 0.3) is 0 Å². The van der Waals surface area contributed by atoms with Gasteiger partial charge in [-0.15, -0.1) is 12.4 Å². The number of carbonyl (C=O) groups is 3. The molecule has 0 bridgehead atoms. The average molecular weight is 408 g/mol. The van der Waals surface area contributed by atoms with Crippen LogP contribution in [-0.4, -0.2) is 23.8 Å². The van der Waals surface area contributed by atoms with Gasteiger partial charge in [0.05, 0.1) is 17.9 Å². The highest BCUT2D eigenvalue weighted by Crippen LogP contribution is 2.35. The van der Waals surface area contributed by atoms with Crippen molar-refractivity contribution in [1.29, 1.82) is 0 Å². The van der Waals surface area contributed by atoms with Crippen molar-refractivity contribution in [3.05, 3.63) is 35.9 Å². The number of fused-ring (bicyclic) bond motifs is 1. The van der Waals surface area contributed by atoms with Crippen LogP contribution in [0.15, 0.2) is 30.3 Å². The van der Waals surface area contributed by atoms with E-state index in [1.54, 1.807) is 65.0 Å². The first-order valence-electron chi connectivity index (χ1n) is 8.91. The number of hydrogen-bond donors (Lipinski definition) is 1. The van der Waals surface area contributed by atoms with Gasteiger partial charge in [-0.1, -0.05) is 45.9 Å². The van der Waals surface area contributed by atoms with Crippen LogP contribution in [0.5, 0.6) is 11.5 Å². The number of Topliss-reactive ketones (excluding diaryl/α,β-unsaturated/α-hetero) is 1. The van der Waals surface area contributed by atoms with E-state index < -0.39 is 18.0 Å². The van der Waals surface area contributed by atoms with Gasteiger partial charge in [-0.3, -0.25) is 14.4 Å². The molecule has 6 nitrogen and oxygen atoms in total. The van der Waals surface area contributed by atoms with Gasteiger partial charge < -0.3 is 15.2 Å². The highest BCUT2D eigenvalue weighted by atomic mass is 35.5. The Morgan fingerprint density at radius 2 is 1.36 bits per heavy atom. The smallest absolute Gasteiger partial charge is 0.313 e. The number of halogens is 1. The van der Waals surface area contributed by atoms with E-state index in [4.69, 9.17) is 15.2 Å². The fourth-order valence-corrected chi connectivity index (χ4v) is 2.36. The van der Waals surface area contributed by atoms with Crippen LogP contribution < -0.4 is 15.2 Å². The Hall–Kier alpha value is -2.44. The van der Waals surface area contributed by atoms with E-state index >= 15 is 0 Å². The average Bonchev–Trinajstić information content (AvgIpc) is 2.60. The highest BCUT2D eigenvalue weighted by molar-refractivity contribution is 6.11. The summed E-state index contributed by atoms with van der Waals surface area (Å²) in [4.78, 5) is 36.6. The monoisotopic (exact) mass is 407 g/mol. The van der Waals surface area contributed by atoms with E-state index in [2.05, 4.69) is 0 Å². The van der Waals surface area contributed by atoms with Gasteiger partial charge in [0.15, 0.2) is 17.3 Å². The summed E-state index contributed by atoms with van der Waals surface area (Å²) in [6.07, 6.45) is 0. The second-order valence-corrected chi connectivity index (χ2v) is 7.13. The third kappa shape index (κ3) is 5.30. The van der Waals surface area contributed by atoms with Gasteiger partial charge in [-0.25, -0.2) is 0 Å². The number of rotatable bonds is 6. The molecule has 0 aliphatic heterocycles. The molecule has 0 saturated heterocycles. The van der Waals surface area contributed by atoms with Gasteiger partial charge in [0, 0.05) is 5.56 Å². The highest BCUT2D eigenvalue weighted by Gasteiger charge is 2.21. The van der Waals surface area contributed by atoms with E-state index in [1.165, 1.54) is 0 Å². The molecule has 0 heterocycles. The molecule has 0 amide bonds. The lowest BCUT2D eigenvalue weighted by atomic mass is 9.98. The minimum atomic E-state index is -0.671. The molecule has 0 radical (unpaired) electrons. The second-order valence-electron chi connectivity index (χ2n) is 7.13. The van der Waals surface area contributed by atoms with Crippen molar-refractivity contribution < 1.29 is 23.9 Å². The summed E-state index contributed by atoms with van der Waals surface area (Å²) in [5.41, 5.74) is 6.16. The summed E-state index contributed by atoms with van der Waals surface area (Å²) >= 11 is 0. The molecule has 2 aromatic carbocycles. The van der Waals surface area contributed by atoms with Crippen LogP contribution in [0.1, 0.15) is 45.0 Å². The van der Waals surface area contributed by atoms with E-state index in [1.807, 2.05) is 0 Å². The zero-order valence-corrected chi connectivity index (χ0v) is 17.5. The molecular weight excluding hydrogens is 382 g/mol. The molecule has 1 unspecified atom stereocenters. The second kappa shape index (κ2) is 9.66. The summed E-state index contributed by atoms with van der Waals surface area (Å²) in [7, 11) is 0. The number of nitrogens with two attached hydrogens (primary N) is 1. The summed E-state index contributed by atoms with van der Waals surface area (Å²) in [6, 6.07) is 7.66. The Morgan fingerprint density at radius 1 is 0.857 bits per heavy atom. The maximum atomic E-state index is 12.4. The van der Waals surface area contributed by atoms with Crippen molar-refractivity contribution in [3.8, 4) is 11.5 Å². The van der Waals surface area contributed by atoms with Crippen molar-refractivity contribution in [2.45, 2.75) is 40.7 Å². The van der Waals surface area contributed by atoms with Gasteiger partial charge in [-0.2, -0.15) is 0 Å². The predicted molar refractivity (Wildman–Crippen MR) is 110 cm³/mol. The number of ether oxygens (including phenoxy) is 2. The van der Waals surface area contributed by atoms with E-state index in [-0.39, 0.29) is 41.5 Å². The molecule has 0 aliphatic rings. The normalized spacial score (nSPS) is 11.9. The Kier molecular flexibility index (Phi) is 8.14. The van der Waals surface area contributed by atoms with Crippen LogP contribution in [0.4, 0.5) is 0 Å². The summed E-state index contributed by atoms with van der Waals surface area (Å²) in [5, 5.41) is 1.26. The van der Waals surface area contributed by atoms with Gasteiger partial charge in [0.2, 0.25) is 0 Å². The van der Waals surface area contributed by atoms with Crippen LogP contribution in [0.2, 0.25) is 0 Å². The number of ketones is 1. The maximum Gasteiger partial charge on any atom is 0.313 e. The Bertz CT molecular complexity index is 890. The summed E-state index contributed by atoms with van der Waals surface area (Å²) in [5.74, 6) is -1.61. The minimum Gasteiger partial charge on any atom is -0.422 e. The molecule has 0 fully saturated rings. The van der Waals surface area contributed by atoms with E-state index in [9.17, 15) is 14.4 Å². The quantitative estimate of drug-likeness (QED) is 0.443. The van der Waals surface area contributed by atoms with Crippen LogP contribution in [-0.2, 0) is 9.59 Å². The lowest BCUT2D eigenvalue weighted by Gasteiger charge is -2.15. The molecule has 152 valence electrons. The van der Waals surface area contributed by atoms with Crippen molar-refractivity contribution in [2.24, 2.45) is 17.6 Å². The van der Waals surface area contributed by atoms with Crippen LogP contribution in [0.3, 0.4) is 0 Å². The molecule has 0 aliphatic carbocycles. The van der Waals surface area contributed by atoms with Crippen molar-refractivity contribution >= 4 is 40.9 Å². The van der Waals surface area contributed by atoms with Crippen molar-refractivity contribution in [3.63, 3.8) is 0 Å². The number of benzene rings is 2. The van der Waals surface area contributed by atoms with Crippen molar-refractivity contribution in [2.75, 3.05) is 0 Å². The molecule has 2 rings (SSSR count). The summed E-state index contributed by atoms with van der Waals surface area (Å²) < 4.78 is 10.8. The third-order valence-corrected chi connectivity index (χ3v) is 3.99.